The average Bonchev–Trinajstić information content (AvgIpc) is 2.95. The molecule has 2 heteroatoms. The van der Waals surface area contributed by atoms with Crippen LogP contribution in [-0.4, -0.2) is 37.1 Å². The molecular formula is C11H24N2. The molecule has 0 unspecified atom stereocenters. The zero-order valence-electron chi connectivity index (χ0n) is 9.34. The van der Waals surface area contributed by atoms with Gasteiger partial charge in [-0.15, -0.1) is 0 Å². The SMILES string of the molecule is CCC(CC)NCCN(C)C1CC1. The summed E-state index contributed by atoms with van der Waals surface area (Å²) < 4.78 is 0. The molecule has 0 aromatic rings. The summed E-state index contributed by atoms with van der Waals surface area (Å²) in [5.74, 6) is 0. The third kappa shape index (κ3) is 4.10. The predicted molar refractivity (Wildman–Crippen MR) is 58.0 cm³/mol. The third-order valence-electron chi connectivity index (χ3n) is 3.05. The maximum Gasteiger partial charge on any atom is 0.0107 e. The van der Waals surface area contributed by atoms with E-state index in [0.29, 0.717) is 0 Å². The Kier molecular flexibility index (Phi) is 4.74. The molecule has 0 saturated heterocycles. The predicted octanol–water partition coefficient (Wildman–Crippen LogP) is 1.86. The highest BCUT2D eigenvalue weighted by Gasteiger charge is 2.25. The Morgan fingerprint density at radius 1 is 1.31 bits per heavy atom. The second-order valence-electron chi connectivity index (χ2n) is 4.18. The van der Waals surface area contributed by atoms with Crippen molar-refractivity contribution >= 4 is 0 Å². The van der Waals surface area contributed by atoms with E-state index in [-0.39, 0.29) is 0 Å². The van der Waals surface area contributed by atoms with Crippen LogP contribution < -0.4 is 5.32 Å². The fourth-order valence-electron chi connectivity index (χ4n) is 1.72. The van der Waals surface area contributed by atoms with E-state index in [0.717, 1.165) is 18.6 Å². The van der Waals surface area contributed by atoms with E-state index in [4.69, 9.17) is 0 Å². The Balaban J connectivity index is 1.98. The van der Waals surface area contributed by atoms with Crippen molar-refractivity contribution in [2.75, 3.05) is 20.1 Å². The minimum absolute atomic E-state index is 0.729. The molecule has 0 heterocycles. The van der Waals surface area contributed by atoms with Gasteiger partial charge in [0, 0.05) is 25.2 Å². The lowest BCUT2D eigenvalue weighted by molar-refractivity contribution is 0.312. The van der Waals surface area contributed by atoms with E-state index < -0.39 is 0 Å². The lowest BCUT2D eigenvalue weighted by Gasteiger charge is -2.19. The first kappa shape index (κ1) is 11.0. The van der Waals surface area contributed by atoms with Crippen molar-refractivity contribution in [1.82, 2.24) is 10.2 Å². The summed E-state index contributed by atoms with van der Waals surface area (Å²) in [7, 11) is 2.24. The highest BCUT2D eigenvalue weighted by Crippen LogP contribution is 2.24. The van der Waals surface area contributed by atoms with Gasteiger partial charge in [-0.25, -0.2) is 0 Å². The Morgan fingerprint density at radius 2 is 1.92 bits per heavy atom. The van der Waals surface area contributed by atoms with Crippen LogP contribution >= 0.6 is 0 Å². The number of nitrogens with zero attached hydrogens (tertiary/aromatic N) is 1. The Morgan fingerprint density at radius 3 is 2.38 bits per heavy atom. The molecule has 1 saturated carbocycles. The summed E-state index contributed by atoms with van der Waals surface area (Å²) in [6.45, 7) is 6.87. The van der Waals surface area contributed by atoms with Crippen molar-refractivity contribution in [2.24, 2.45) is 0 Å². The second kappa shape index (κ2) is 5.61. The van der Waals surface area contributed by atoms with E-state index in [1.807, 2.05) is 0 Å². The molecule has 1 aliphatic rings. The van der Waals surface area contributed by atoms with Gasteiger partial charge in [0.2, 0.25) is 0 Å². The van der Waals surface area contributed by atoms with Crippen LogP contribution in [0.4, 0.5) is 0 Å². The molecule has 0 aromatic carbocycles. The zero-order valence-corrected chi connectivity index (χ0v) is 9.34. The first-order valence-electron chi connectivity index (χ1n) is 5.71. The van der Waals surface area contributed by atoms with Crippen LogP contribution in [0.25, 0.3) is 0 Å². The topological polar surface area (TPSA) is 15.3 Å². The number of likely N-dealkylation sites (N-methyl/N-ethyl adjacent to an activating group) is 1. The zero-order chi connectivity index (χ0) is 9.68. The minimum Gasteiger partial charge on any atom is -0.313 e. The van der Waals surface area contributed by atoms with Crippen LogP contribution in [0.5, 0.6) is 0 Å². The number of nitrogens with one attached hydrogen (secondary N) is 1. The number of hydrogen-bond acceptors (Lipinski definition) is 2. The molecular weight excluding hydrogens is 160 g/mol. The molecule has 13 heavy (non-hydrogen) atoms. The molecule has 1 fully saturated rings. The summed E-state index contributed by atoms with van der Waals surface area (Å²) >= 11 is 0. The first-order chi connectivity index (χ1) is 6.27. The summed E-state index contributed by atoms with van der Waals surface area (Å²) in [6.07, 6.45) is 5.34. The van der Waals surface area contributed by atoms with Gasteiger partial charge in [-0.2, -0.15) is 0 Å². The Bertz CT molecular complexity index is 126. The minimum atomic E-state index is 0.729. The highest BCUT2D eigenvalue weighted by molar-refractivity contribution is 4.82. The van der Waals surface area contributed by atoms with Gasteiger partial charge in [0.05, 0.1) is 0 Å². The van der Waals surface area contributed by atoms with E-state index in [1.165, 1.54) is 32.2 Å². The molecule has 0 aliphatic heterocycles. The molecule has 0 radical (unpaired) electrons. The van der Waals surface area contributed by atoms with Crippen LogP contribution in [0.1, 0.15) is 39.5 Å². The summed E-state index contributed by atoms with van der Waals surface area (Å²) in [6, 6.07) is 1.64. The monoisotopic (exact) mass is 184 g/mol. The molecule has 0 bridgehead atoms. The van der Waals surface area contributed by atoms with Crippen molar-refractivity contribution in [2.45, 2.75) is 51.6 Å². The smallest absolute Gasteiger partial charge is 0.0107 e. The molecule has 1 N–H and O–H groups in total. The molecule has 0 amide bonds. The quantitative estimate of drug-likeness (QED) is 0.649. The highest BCUT2D eigenvalue weighted by atomic mass is 15.2. The van der Waals surface area contributed by atoms with Crippen molar-refractivity contribution in [3.8, 4) is 0 Å². The van der Waals surface area contributed by atoms with Gasteiger partial charge in [0.1, 0.15) is 0 Å². The van der Waals surface area contributed by atoms with Crippen molar-refractivity contribution in [3.63, 3.8) is 0 Å². The van der Waals surface area contributed by atoms with Crippen LogP contribution in [0.15, 0.2) is 0 Å². The molecule has 0 spiro atoms. The van der Waals surface area contributed by atoms with E-state index in [9.17, 15) is 0 Å². The lowest BCUT2D eigenvalue weighted by Crippen LogP contribution is -2.35. The van der Waals surface area contributed by atoms with Gasteiger partial charge >= 0.3 is 0 Å². The van der Waals surface area contributed by atoms with Crippen LogP contribution in [-0.2, 0) is 0 Å². The Labute approximate surface area is 82.7 Å². The van der Waals surface area contributed by atoms with Crippen molar-refractivity contribution in [3.05, 3.63) is 0 Å². The summed E-state index contributed by atoms with van der Waals surface area (Å²) in [4.78, 5) is 2.48. The van der Waals surface area contributed by atoms with Gasteiger partial charge in [0.25, 0.3) is 0 Å². The van der Waals surface area contributed by atoms with Gasteiger partial charge in [-0.3, -0.25) is 0 Å². The number of hydrogen-bond donors (Lipinski definition) is 1. The maximum absolute atomic E-state index is 3.59. The van der Waals surface area contributed by atoms with Crippen LogP contribution in [0, 0.1) is 0 Å². The lowest BCUT2D eigenvalue weighted by atomic mass is 10.2. The molecule has 78 valence electrons. The fraction of sp³-hybridized carbons (Fsp3) is 1.00. The van der Waals surface area contributed by atoms with Crippen LogP contribution in [0.2, 0.25) is 0 Å². The standard InChI is InChI=1S/C11H24N2/c1-4-10(5-2)12-8-9-13(3)11-6-7-11/h10-12H,4-9H2,1-3H3. The van der Waals surface area contributed by atoms with Gasteiger partial charge < -0.3 is 10.2 Å². The molecule has 0 aromatic heterocycles. The van der Waals surface area contributed by atoms with Crippen molar-refractivity contribution < 1.29 is 0 Å². The van der Waals surface area contributed by atoms with Gasteiger partial charge in [-0.05, 0) is 32.7 Å². The van der Waals surface area contributed by atoms with Crippen molar-refractivity contribution in [1.29, 1.82) is 0 Å². The van der Waals surface area contributed by atoms with Gasteiger partial charge in [0.15, 0.2) is 0 Å². The summed E-state index contributed by atoms with van der Waals surface area (Å²) in [5.41, 5.74) is 0. The maximum atomic E-state index is 3.59. The normalized spacial score (nSPS) is 17.3. The molecule has 2 nitrogen and oxygen atoms in total. The molecule has 0 atom stereocenters. The first-order valence-corrected chi connectivity index (χ1v) is 5.71. The van der Waals surface area contributed by atoms with E-state index in [1.54, 1.807) is 0 Å². The second-order valence-corrected chi connectivity index (χ2v) is 4.18. The molecule has 1 aliphatic carbocycles. The fourth-order valence-corrected chi connectivity index (χ4v) is 1.72. The summed E-state index contributed by atoms with van der Waals surface area (Å²) in [5, 5.41) is 3.59. The average molecular weight is 184 g/mol. The largest absolute Gasteiger partial charge is 0.313 e. The molecule has 1 rings (SSSR count). The van der Waals surface area contributed by atoms with E-state index >= 15 is 0 Å². The Hall–Kier alpha value is -0.0800. The van der Waals surface area contributed by atoms with E-state index in [2.05, 4.69) is 31.1 Å². The van der Waals surface area contributed by atoms with Crippen LogP contribution in [0.3, 0.4) is 0 Å². The third-order valence-corrected chi connectivity index (χ3v) is 3.05. The van der Waals surface area contributed by atoms with Gasteiger partial charge in [-0.1, -0.05) is 13.8 Å². The number of rotatable bonds is 7.